The largest absolute Gasteiger partial charge is 0.493 e. The van der Waals surface area contributed by atoms with Crippen LogP contribution in [0, 0.1) is 0 Å². The molecule has 5 nitrogen and oxygen atoms in total. The molecule has 5 heteroatoms. The Labute approximate surface area is 104 Å². The minimum Gasteiger partial charge on any atom is -0.493 e. The average molecular weight is 247 g/mol. The Balaban J connectivity index is 2.29. The maximum absolute atomic E-state index is 11.8. The van der Waals surface area contributed by atoms with Gasteiger partial charge in [0.25, 0.3) is 0 Å². The van der Waals surface area contributed by atoms with Crippen molar-refractivity contribution in [1.29, 1.82) is 0 Å². The van der Waals surface area contributed by atoms with Gasteiger partial charge in [-0.25, -0.2) is 0 Å². The lowest BCUT2D eigenvalue weighted by Crippen LogP contribution is -2.12. The standard InChI is InChI=1S/C13H13NO4/c1-17-10-4-2-3-8-7-11(18-13(8)10)9(15)5-6-12(14)16/h2-4,7H,5-6H2,1H3,(H2,14,16). The third kappa shape index (κ3) is 2.34. The third-order valence-corrected chi connectivity index (χ3v) is 2.60. The Bertz CT molecular complexity index is 600. The van der Waals surface area contributed by atoms with E-state index in [-0.39, 0.29) is 24.4 Å². The summed E-state index contributed by atoms with van der Waals surface area (Å²) in [5, 5.41) is 0.789. The number of ketones is 1. The van der Waals surface area contributed by atoms with Crippen molar-refractivity contribution < 1.29 is 18.7 Å². The van der Waals surface area contributed by atoms with Gasteiger partial charge in [0.2, 0.25) is 5.91 Å². The summed E-state index contributed by atoms with van der Waals surface area (Å²) in [6.45, 7) is 0. The molecule has 0 saturated heterocycles. The van der Waals surface area contributed by atoms with E-state index in [4.69, 9.17) is 14.9 Å². The van der Waals surface area contributed by atoms with Crippen molar-refractivity contribution >= 4 is 22.7 Å². The number of primary amides is 1. The van der Waals surface area contributed by atoms with Gasteiger partial charge in [-0.2, -0.15) is 0 Å². The van der Waals surface area contributed by atoms with Crippen LogP contribution >= 0.6 is 0 Å². The number of hydrogen-bond donors (Lipinski definition) is 1. The van der Waals surface area contributed by atoms with Gasteiger partial charge >= 0.3 is 0 Å². The number of ether oxygens (including phenoxy) is 1. The molecular formula is C13H13NO4. The fraction of sp³-hybridized carbons (Fsp3) is 0.231. The molecule has 0 radical (unpaired) electrons. The number of Topliss-reactive ketones (excluding diaryl/α,β-unsaturated/α-hetero) is 1. The number of fused-ring (bicyclic) bond motifs is 1. The number of hydrogen-bond acceptors (Lipinski definition) is 4. The molecule has 2 aromatic rings. The Morgan fingerprint density at radius 2 is 2.11 bits per heavy atom. The van der Waals surface area contributed by atoms with Gasteiger partial charge in [0.15, 0.2) is 22.9 Å². The molecule has 0 saturated carbocycles. The van der Waals surface area contributed by atoms with E-state index in [0.717, 1.165) is 5.39 Å². The van der Waals surface area contributed by atoms with Crippen LogP contribution in [0.1, 0.15) is 23.4 Å². The first kappa shape index (κ1) is 12.2. The number of methoxy groups -OCH3 is 1. The van der Waals surface area contributed by atoms with Crippen LogP contribution in [0.3, 0.4) is 0 Å². The number of furan rings is 1. The second-order valence-electron chi connectivity index (χ2n) is 3.88. The predicted octanol–water partition coefficient (Wildman–Crippen LogP) is 1.89. The zero-order valence-corrected chi connectivity index (χ0v) is 9.93. The monoisotopic (exact) mass is 247 g/mol. The average Bonchev–Trinajstić information content (AvgIpc) is 2.79. The molecule has 1 aromatic heterocycles. The molecule has 94 valence electrons. The lowest BCUT2D eigenvalue weighted by molar-refractivity contribution is -0.118. The molecule has 0 fully saturated rings. The van der Waals surface area contributed by atoms with Crippen molar-refractivity contribution in [3.63, 3.8) is 0 Å². The van der Waals surface area contributed by atoms with E-state index in [1.165, 1.54) is 7.11 Å². The highest BCUT2D eigenvalue weighted by Crippen LogP contribution is 2.28. The van der Waals surface area contributed by atoms with E-state index in [1.807, 2.05) is 12.1 Å². The molecule has 0 bridgehead atoms. The molecule has 1 aromatic carbocycles. The van der Waals surface area contributed by atoms with Gasteiger partial charge in [-0.3, -0.25) is 9.59 Å². The van der Waals surface area contributed by atoms with Gasteiger partial charge in [-0.15, -0.1) is 0 Å². The molecule has 18 heavy (non-hydrogen) atoms. The number of para-hydroxylation sites is 1. The van der Waals surface area contributed by atoms with E-state index in [2.05, 4.69) is 0 Å². The highest BCUT2D eigenvalue weighted by molar-refractivity contribution is 5.99. The Kier molecular flexibility index (Phi) is 3.32. The van der Waals surface area contributed by atoms with E-state index < -0.39 is 5.91 Å². The van der Waals surface area contributed by atoms with Crippen molar-refractivity contribution in [1.82, 2.24) is 0 Å². The van der Waals surface area contributed by atoms with Gasteiger partial charge < -0.3 is 14.9 Å². The topological polar surface area (TPSA) is 82.5 Å². The maximum atomic E-state index is 11.8. The second kappa shape index (κ2) is 4.91. The lowest BCUT2D eigenvalue weighted by atomic mass is 10.1. The minimum absolute atomic E-state index is 0.0208. The maximum Gasteiger partial charge on any atom is 0.217 e. The number of amides is 1. The highest BCUT2D eigenvalue weighted by atomic mass is 16.5. The van der Waals surface area contributed by atoms with Gasteiger partial charge in [-0.1, -0.05) is 12.1 Å². The zero-order chi connectivity index (χ0) is 13.1. The predicted molar refractivity (Wildman–Crippen MR) is 65.5 cm³/mol. The van der Waals surface area contributed by atoms with Crippen LogP contribution in [-0.2, 0) is 4.79 Å². The first-order valence-corrected chi connectivity index (χ1v) is 5.50. The molecule has 0 unspecified atom stereocenters. The fourth-order valence-corrected chi connectivity index (χ4v) is 1.69. The molecule has 0 aliphatic rings. The molecular weight excluding hydrogens is 234 g/mol. The van der Waals surface area contributed by atoms with Gasteiger partial charge in [0.05, 0.1) is 7.11 Å². The molecule has 2 N–H and O–H groups in total. The summed E-state index contributed by atoms with van der Waals surface area (Å²) in [6, 6.07) is 7.03. The Hall–Kier alpha value is -2.30. The van der Waals surface area contributed by atoms with E-state index >= 15 is 0 Å². The fourth-order valence-electron chi connectivity index (χ4n) is 1.69. The van der Waals surface area contributed by atoms with Crippen molar-refractivity contribution in [3.05, 3.63) is 30.0 Å². The number of rotatable bonds is 5. The highest BCUT2D eigenvalue weighted by Gasteiger charge is 2.15. The van der Waals surface area contributed by atoms with Crippen molar-refractivity contribution in [3.8, 4) is 5.75 Å². The summed E-state index contributed by atoms with van der Waals surface area (Å²) in [7, 11) is 1.53. The normalized spacial score (nSPS) is 10.5. The summed E-state index contributed by atoms with van der Waals surface area (Å²) in [4.78, 5) is 22.4. The number of nitrogens with two attached hydrogens (primary N) is 1. The van der Waals surface area contributed by atoms with Crippen LogP contribution in [0.5, 0.6) is 5.75 Å². The van der Waals surface area contributed by atoms with Crippen molar-refractivity contribution in [2.45, 2.75) is 12.8 Å². The van der Waals surface area contributed by atoms with E-state index in [0.29, 0.717) is 11.3 Å². The Morgan fingerprint density at radius 1 is 1.33 bits per heavy atom. The van der Waals surface area contributed by atoms with Crippen LogP contribution in [0.4, 0.5) is 0 Å². The van der Waals surface area contributed by atoms with Crippen LogP contribution in [0.15, 0.2) is 28.7 Å². The van der Waals surface area contributed by atoms with Crippen molar-refractivity contribution in [2.75, 3.05) is 7.11 Å². The summed E-state index contributed by atoms with van der Waals surface area (Å²) >= 11 is 0. The first-order valence-electron chi connectivity index (χ1n) is 5.50. The minimum atomic E-state index is -0.503. The molecule has 1 amide bonds. The second-order valence-corrected chi connectivity index (χ2v) is 3.88. The van der Waals surface area contributed by atoms with E-state index in [1.54, 1.807) is 12.1 Å². The van der Waals surface area contributed by atoms with Gasteiger partial charge in [0, 0.05) is 18.2 Å². The van der Waals surface area contributed by atoms with Gasteiger partial charge in [0.1, 0.15) is 0 Å². The van der Waals surface area contributed by atoms with Crippen LogP contribution in [-0.4, -0.2) is 18.8 Å². The lowest BCUT2D eigenvalue weighted by Gasteiger charge is -1.98. The molecule has 0 atom stereocenters. The molecule has 0 aliphatic heterocycles. The summed E-state index contributed by atoms with van der Waals surface area (Å²) < 4.78 is 10.6. The summed E-state index contributed by atoms with van der Waals surface area (Å²) in [5.41, 5.74) is 5.53. The molecule has 2 rings (SSSR count). The number of carbonyl (C=O) groups excluding carboxylic acids is 2. The smallest absolute Gasteiger partial charge is 0.217 e. The number of benzene rings is 1. The summed E-state index contributed by atoms with van der Waals surface area (Å²) in [6.07, 6.45) is 0.0739. The van der Waals surface area contributed by atoms with Crippen LogP contribution < -0.4 is 10.5 Å². The quantitative estimate of drug-likeness (QED) is 0.818. The van der Waals surface area contributed by atoms with E-state index in [9.17, 15) is 9.59 Å². The molecule has 0 aliphatic carbocycles. The number of carbonyl (C=O) groups is 2. The van der Waals surface area contributed by atoms with Crippen LogP contribution in [0.2, 0.25) is 0 Å². The summed E-state index contributed by atoms with van der Waals surface area (Å²) in [5.74, 6) is 0.0429. The third-order valence-electron chi connectivity index (χ3n) is 2.60. The van der Waals surface area contributed by atoms with Crippen molar-refractivity contribution in [2.24, 2.45) is 5.73 Å². The van der Waals surface area contributed by atoms with Gasteiger partial charge in [-0.05, 0) is 12.1 Å². The first-order chi connectivity index (χ1) is 8.61. The molecule has 0 spiro atoms. The zero-order valence-electron chi connectivity index (χ0n) is 9.93. The SMILES string of the molecule is COc1cccc2cc(C(=O)CCC(N)=O)oc12. The Morgan fingerprint density at radius 3 is 2.78 bits per heavy atom. The van der Waals surface area contributed by atoms with Crippen LogP contribution in [0.25, 0.3) is 11.0 Å². The molecule has 1 heterocycles.